The van der Waals surface area contributed by atoms with Gasteiger partial charge in [0.1, 0.15) is 16.1 Å². The zero-order chi connectivity index (χ0) is 12.7. The van der Waals surface area contributed by atoms with Gasteiger partial charge in [0.15, 0.2) is 0 Å². The van der Waals surface area contributed by atoms with E-state index < -0.39 is 0 Å². The van der Waals surface area contributed by atoms with Crippen LogP contribution in [-0.4, -0.2) is 16.7 Å². The first-order valence-corrected chi connectivity index (χ1v) is 6.13. The SMILES string of the molecule is CCOc1onc2c1c(Cl)nc1ccc(Cl)cc12. The molecule has 0 amide bonds. The second kappa shape index (κ2) is 4.30. The van der Waals surface area contributed by atoms with Gasteiger partial charge < -0.3 is 9.26 Å². The van der Waals surface area contributed by atoms with Gasteiger partial charge in [0.25, 0.3) is 0 Å². The van der Waals surface area contributed by atoms with Crippen molar-refractivity contribution in [1.82, 2.24) is 10.1 Å². The Morgan fingerprint density at radius 2 is 2.17 bits per heavy atom. The monoisotopic (exact) mass is 282 g/mol. The number of halogens is 2. The van der Waals surface area contributed by atoms with Crippen molar-refractivity contribution in [3.8, 4) is 5.95 Å². The Kier molecular flexibility index (Phi) is 2.76. The molecule has 18 heavy (non-hydrogen) atoms. The summed E-state index contributed by atoms with van der Waals surface area (Å²) < 4.78 is 10.5. The van der Waals surface area contributed by atoms with Gasteiger partial charge in [0.05, 0.1) is 12.1 Å². The molecule has 0 saturated carbocycles. The summed E-state index contributed by atoms with van der Waals surface area (Å²) in [5, 5.41) is 6.27. The Morgan fingerprint density at radius 3 is 2.94 bits per heavy atom. The number of aromatic nitrogens is 2. The smallest absolute Gasteiger partial charge is 0.322 e. The van der Waals surface area contributed by atoms with Gasteiger partial charge in [0, 0.05) is 10.4 Å². The molecule has 3 rings (SSSR count). The third kappa shape index (κ3) is 1.69. The van der Waals surface area contributed by atoms with Gasteiger partial charge >= 0.3 is 5.95 Å². The first-order valence-electron chi connectivity index (χ1n) is 5.37. The second-order valence-corrected chi connectivity index (χ2v) is 4.49. The lowest BCUT2D eigenvalue weighted by Crippen LogP contribution is -1.90. The van der Waals surface area contributed by atoms with Gasteiger partial charge in [-0.3, -0.25) is 0 Å². The van der Waals surface area contributed by atoms with E-state index in [2.05, 4.69) is 10.1 Å². The van der Waals surface area contributed by atoms with Gasteiger partial charge in [-0.1, -0.05) is 28.4 Å². The summed E-state index contributed by atoms with van der Waals surface area (Å²) in [6.07, 6.45) is 0. The Hall–Kier alpha value is -1.52. The summed E-state index contributed by atoms with van der Waals surface area (Å²) in [7, 11) is 0. The molecule has 6 heteroatoms. The third-order valence-electron chi connectivity index (χ3n) is 2.57. The number of rotatable bonds is 2. The predicted octanol–water partition coefficient (Wildman–Crippen LogP) is 4.08. The van der Waals surface area contributed by atoms with Crippen molar-refractivity contribution in [1.29, 1.82) is 0 Å². The molecular weight excluding hydrogens is 275 g/mol. The summed E-state index contributed by atoms with van der Waals surface area (Å²) in [6, 6.07) is 5.32. The number of pyridine rings is 1. The fourth-order valence-electron chi connectivity index (χ4n) is 1.83. The molecule has 0 saturated heterocycles. The third-order valence-corrected chi connectivity index (χ3v) is 3.08. The molecular formula is C12H8Cl2N2O2. The Labute approximate surface area is 112 Å². The van der Waals surface area contributed by atoms with Crippen LogP contribution in [0.25, 0.3) is 21.8 Å². The van der Waals surface area contributed by atoms with E-state index in [1.54, 1.807) is 18.2 Å². The normalized spacial score (nSPS) is 11.3. The van der Waals surface area contributed by atoms with E-state index in [1.807, 2.05) is 6.92 Å². The fraction of sp³-hybridized carbons (Fsp3) is 0.167. The summed E-state index contributed by atoms with van der Waals surface area (Å²) in [5.74, 6) is 0.284. The predicted molar refractivity (Wildman–Crippen MR) is 70.5 cm³/mol. The average molecular weight is 283 g/mol. The van der Waals surface area contributed by atoms with Crippen molar-refractivity contribution in [2.24, 2.45) is 0 Å². The molecule has 0 spiro atoms. The van der Waals surface area contributed by atoms with Crippen LogP contribution in [0.5, 0.6) is 5.95 Å². The summed E-state index contributed by atoms with van der Waals surface area (Å²) >= 11 is 12.1. The summed E-state index contributed by atoms with van der Waals surface area (Å²) in [5.41, 5.74) is 1.32. The number of benzene rings is 1. The molecule has 4 nitrogen and oxygen atoms in total. The highest BCUT2D eigenvalue weighted by Gasteiger charge is 2.17. The number of hydrogen-bond acceptors (Lipinski definition) is 4. The van der Waals surface area contributed by atoms with Crippen molar-refractivity contribution in [2.75, 3.05) is 6.61 Å². The van der Waals surface area contributed by atoms with Crippen LogP contribution in [0.15, 0.2) is 22.7 Å². The lowest BCUT2D eigenvalue weighted by atomic mass is 10.2. The van der Waals surface area contributed by atoms with Crippen molar-refractivity contribution in [3.05, 3.63) is 28.4 Å². The van der Waals surface area contributed by atoms with Crippen LogP contribution in [0.2, 0.25) is 10.2 Å². The van der Waals surface area contributed by atoms with Crippen molar-refractivity contribution >= 4 is 45.0 Å². The number of nitrogens with zero attached hydrogens (tertiary/aromatic N) is 2. The van der Waals surface area contributed by atoms with Crippen LogP contribution < -0.4 is 4.74 Å². The van der Waals surface area contributed by atoms with Crippen molar-refractivity contribution < 1.29 is 9.26 Å². The van der Waals surface area contributed by atoms with Crippen LogP contribution >= 0.6 is 23.2 Å². The van der Waals surface area contributed by atoms with Crippen LogP contribution in [0, 0.1) is 0 Å². The maximum atomic E-state index is 6.13. The Balaban J connectivity index is 2.42. The van der Waals surface area contributed by atoms with Crippen LogP contribution in [0.3, 0.4) is 0 Å². The van der Waals surface area contributed by atoms with E-state index in [4.69, 9.17) is 32.5 Å². The molecule has 2 heterocycles. The average Bonchev–Trinajstić information content (AvgIpc) is 2.76. The molecule has 0 unspecified atom stereocenters. The number of fused-ring (bicyclic) bond motifs is 3. The maximum Gasteiger partial charge on any atom is 0.322 e. The van der Waals surface area contributed by atoms with Crippen LogP contribution in [0.4, 0.5) is 0 Å². The molecule has 1 aromatic carbocycles. The molecule has 0 aliphatic carbocycles. The van der Waals surface area contributed by atoms with E-state index in [1.165, 1.54) is 0 Å². The first kappa shape index (κ1) is 11.6. The van der Waals surface area contributed by atoms with Gasteiger partial charge in [-0.25, -0.2) is 4.98 Å². The molecule has 0 aliphatic rings. The molecule has 0 N–H and O–H groups in total. The highest BCUT2D eigenvalue weighted by molar-refractivity contribution is 6.36. The first-order chi connectivity index (χ1) is 8.70. The van der Waals surface area contributed by atoms with Crippen molar-refractivity contribution in [3.63, 3.8) is 0 Å². The minimum Gasteiger partial charge on any atom is -0.464 e. The zero-order valence-corrected chi connectivity index (χ0v) is 10.9. The van der Waals surface area contributed by atoms with Crippen LogP contribution in [0.1, 0.15) is 6.92 Å². The number of ether oxygens (including phenoxy) is 1. The molecule has 0 aliphatic heterocycles. The van der Waals surface area contributed by atoms with E-state index in [9.17, 15) is 0 Å². The highest BCUT2D eigenvalue weighted by atomic mass is 35.5. The van der Waals surface area contributed by atoms with Crippen molar-refractivity contribution in [2.45, 2.75) is 6.92 Å². The lowest BCUT2D eigenvalue weighted by Gasteiger charge is -2.01. The minimum atomic E-state index is 0.284. The van der Waals surface area contributed by atoms with Gasteiger partial charge in [-0.2, -0.15) is 0 Å². The maximum absolute atomic E-state index is 6.13. The summed E-state index contributed by atoms with van der Waals surface area (Å²) in [4.78, 5) is 4.29. The minimum absolute atomic E-state index is 0.284. The quantitative estimate of drug-likeness (QED) is 0.665. The standard InChI is InChI=1S/C12H8Cl2N2O2/c1-2-17-12-9-10(16-18-12)7-5-6(13)3-4-8(7)15-11(9)14/h3-5H,2H2,1H3. The molecule has 2 aromatic heterocycles. The Morgan fingerprint density at radius 1 is 1.33 bits per heavy atom. The molecule has 3 aromatic rings. The molecule has 0 bridgehead atoms. The fourth-order valence-corrected chi connectivity index (χ4v) is 2.26. The molecule has 92 valence electrons. The zero-order valence-electron chi connectivity index (χ0n) is 9.41. The summed E-state index contributed by atoms with van der Waals surface area (Å²) in [6.45, 7) is 2.32. The largest absolute Gasteiger partial charge is 0.464 e. The topological polar surface area (TPSA) is 48.2 Å². The van der Waals surface area contributed by atoms with E-state index in [0.717, 1.165) is 5.39 Å². The molecule has 0 radical (unpaired) electrons. The van der Waals surface area contributed by atoms with Gasteiger partial charge in [-0.15, -0.1) is 0 Å². The number of hydrogen-bond donors (Lipinski definition) is 0. The molecule has 0 fully saturated rings. The lowest BCUT2D eigenvalue weighted by molar-refractivity contribution is 0.230. The molecule has 0 atom stereocenters. The van der Waals surface area contributed by atoms with Crippen LogP contribution in [-0.2, 0) is 0 Å². The van der Waals surface area contributed by atoms with Gasteiger partial charge in [0.2, 0.25) is 0 Å². The van der Waals surface area contributed by atoms with Gasteiger partial charge in [-0.05, 0) is 25.1 Å². The van der Waals surface area contributed by atoms with E-state index >= 15 is 0 Å². The van der Waals surface area contributed by atoms with E-state index in [0.29, 0.717) is 33.2 Å². The Bertz CT molecular complexity index is 740. The second-order valence-electron chi connectivity index (χ2n) is 3.69. The van der Waals surface area contributed by atoms with E-state index in [-0.39, 0.29) is 5.95 Å². The highest BCUT2D eigenvalue weighted by Crippen LogP contribution is 2.36.